The molecule has 1 aliphatic rings. The van der Waals surface area contributed by atoms with Gasteiger partial charge in [0.05, 0.1) is 24.2 Å². The lowest BCUT2D eigenvalue weighted by Crippen LogP contribution is -2.46. The van der Waals surface area contributed by atoms with E-state index >= 15 is 0 Å². The Bertz CT molecular complexity index is 750. The van der Waals surface area contributed by atoms with Crippen molar-refractivity contribution in [2.24, 2.45) is 0 Å². The van der Waals surface area contributed by atoms with Crippen molar-refractivity contribution in [1.82, 2.24) is 9.03 Å². The predicted molar refractivity (Wildman–Crippen MR) is 87.8 cm³/mol. The normalized spacial score (nSPS) is 20.2. The molecule has 1 aromatic rings. The molecule has 0 bridgehead atoms. The van der Waals surface area contributed by atoms with Gasteiger partial charge >= 0.3 is 0 Å². The van der Waals surface area contributed by atoms with Gasteiger partial charge in [-0.3, -0.25) is 0 Å². The number of ether oxygens (including phenoxy) is 1. The van der Waals surface area contributed by atoms with Gasteiger partial charge in [0.1, 0.15) is 5.82 Å². The van der Waals surface area contributed by atoms with E-state index < -0.39 is 25.9 Å². The van der Waals surface area contributed by atoms with Crippen molar-refractivity contribution < 1.29 is 26.0 Å². The molecule has 0 aliphatic carbocycles. The van der Waals surface area contributed by atoms with Gasteiger partial charge in [0.2, 0.25) is 20.0 Å². The highest BCUT2D eigenvalue weighted by Crippen LogP contribution is 2.10. The Morgan fingerprint density at radius 1 is 1.25 bits per heavy atom. The Balaban J connectivity index is 1.86. The lowest BCUT2D eigenvalue weighted by atomic mass is 10.2. The second-order valence-corrected chi connectivity index (χ2v) is 9.53. The zero-order chi connectivity index (χ0) is 17.8. The van der Waals surface area contributed by atoms with Crippen molar-refractivity contribution in [3.63, 3.8) is 0 Å². The lowest BCUT2D eigenvalue weighted by molar-refractivity contribution is 0.0102. The Morgan fingerprint density at radius 2 is 1.92 bits per heavy atom. The van der Waals surface area contributed by atoms with Gasteiger partial charge in [0.25, 0.3) is 0 Å². The van der Waals surface area contributed by atoms with Crippen molar-refractivity contribution in [2.45, 2.75) is 18.8 Å². The summed E-state index contributed by atoms with van der Waals surface area (Å²) in [6, 6.07) is 5.10. The molecule has 0 aromatic heterocycles. The van der Waals surface area contributed by atoms with E-state index in [1.54, 1.807) is 6.92 Å². The van der Waals surface area contributed by atoms with E-state index in [2.05, 4.69) is 4.72 Å². The predicted octanol–water partition coefficient (Wildman–Crippen LogP) is 0.296. The van der Waals surface area contributed by atoms with Crippen LogP contribution in [0.2, 0.25) is 0 Å². The van der Waals surface area contributed by atoms with E-state index in [4.69, 9.17) is 4.74 Å². The topological polar surface area (TPSA) is 92.8 Å². The fraction of sp³-hybridized carbons (Fsp3) is 0.571. The molecule has 0 saturated carbocycles. The molecule has 136 valence electrons. The third-order valence-corrected chi connectivity index (χ3v) is 6.74. The number of rotatable bonds is 7. The van der Waals surface area contributed by atoms with Crippen molar-refractivity contribution in [3.8, 4) is 0 Å². The summed E-state index contributed by atoms with van der Waals surface area (Å²) in [4.78, 5) is 0. The molecule has 1 fully saturated rings. The van der Waals surface area contributed by atoms with Gasteiger partial charge in [-0.05, 0) is 24.6 Å². The van der Waals surface area contributed by atoms with Crippen LogP contribution in [0.1, 0.15) is 12.5 Å². The minimum Gasteiger partial charge on any atom is -0.376 e. The van der Waals surface area contributed by atoms with Crippen LogP contribution in [0.5, 0.6) is 0 Å². The van der Waals surface area contributed by atoms with E-state index in [0.717, 1.165) is 0 Å². The van der Waals surface area contributed by atoms with E-state index in [9.17, 15) is 21.2 Å². The van der Waals surface area contributed by atoms with E-state index in [1.165, 1.54) is 28.6 Å². The molecule has 0 radical (unpaired) electrons. The zero-order valence-electron chi connectivity index (χ0n) is 13.3. The first kappa shape index (κ1) is 19.3. The molecule has 0 spiro atoms. The van der Waals surface area contributed by atoms with Gasteiger partial charge in [-0.25, -0.2) is 25.9 Å². The third kappa shape index (κ3) is 5.78. The molecule has 1 atom stereocenters. The second-order valence-electron chi connectivity index (χ2n) is 5.64. The first-order valence-electron chi connectivity index (χ1n) is 7.49. The maximum atomic E-state index is 12.8. The number of morpholine rings is 1. The molecule has 24 heavy (non-hydrogen) atoms. The highest BCUT2D eigenvalue weighted by Gasteiger charge is 2.27. The molecule has 10 heteroatoms. The van der Waals surface area contributed by atoms with E-state index in [-0.39, 0.29) is 37.2 Å². The fourth-order valence-corrected chi connectivity index (χ4v) is 5.03. The number of hydrogen-bond acceptors (Lipinski definition) is 5. The van der Waals surface area contributed by atoms with Crippen molar-refractivity contribution in [3.05, 3.63) is 35.6 Å². The average Bonchev–Trinajstić information content (AvgIpc) is 2.49. The molecule has 1 unspecified atom stereocenters. The van der Waals surface area contributed by atoms with Crippen LogP contribution in [0.15, 0.2) is 24.3 Å². The van der Waals surface area contributed by atoms with Crippen molar-refractivity contribution >= 4 is 20.0 Å². The SMILES string of the molecule is CC1CN(S(=O)(=O)CCNS(=O)(=O)Cc2ccc(F)cc2)CCO1. The average molecular weight is 380 g/mol. The number of hydrogen-bond donors (Lipinski definition) is 1. The second kappa shape index (κ2) is 7.87. The van der Waals surface area contributed by atoms with Crippen LogP contribution < -0.4 is 4.72 Å². The molecule has 7 nitrogen and oxygen atoms in total. The largest absolute Gasteiger partial charge is 0.376 e. The van der Waals surface area contributed by atoms with Crippen LogP contribution >= 0.6 is 0 Å². The van der Waals surface area contributed by atoms with Crippen LogP contribution in [0.25, 0.3) is 0 Å². The van der Waals surface area contributed by atoms with Crippen LogP contribution in [-0.2, 0) is 30.5 Å². The molecule has 1 aromatic carbocycles. The van der Waals surface area contributed by atoms with Gasteiger partial charge in [0, 0.05) is 19.6 Å². The number of sulfonamides is 2. The fourth-order valence-electron chi connectivity index (χ4n) is 2.35. The Morgan fingerprint density at radius 3 is 2.54 bits per heavy atom. The minimum absolute atomic E-state index is 0.177. The minimum atomic E-state index is -3.69. The van der Waals surface area contributed by atoms with Crippen LogP contribution in [0.3, 0.4) is 0 Å². The number of halogens is 1. The number of nitrogens with one attached hydrogen (secondary N) is 1. The summed E-state index contributed by atoms with van der Waals surface area (Å²) in [6.07, 6.45) is -0.177. The molecular formula is C14H21FN2O5S2. The highest BCUT2D eigenvalue weighted by molar-refractivity contribution is 7.89. The molecule has 0 amide bonds. The summed E-state index contributed by atoms with van der Waals surface area (Å²) < 4.78 is 70.0. The molecule has 2 rings (SSSR count). The monoisotopic (exact) mass is 380 g/mol. The third-order valence-electron chi connectivity index (χ3n) is 3.55. The van der Waals surface area contributed by atoms with Gasteiger partial charge in [-0.15, -0.1) is 0 Å². The standard InChI is InChI=1S/C14H21FN2O5S2/c1-12-10-17(7-8-22-12)24(20,21)9-6-16-23(18,19)11-13-2-4-14(15)5-3-13/h2-5,12,16H,6-11H2,1H3. The Kier molecular flexibility index (Phi) is 6.32. The van der Waals surface area contributed by atoms with Gasteiger partial charge in [0.15, 0.2) is 0 Å². The zero-order valence-corrected chi connectivity index (χ0v) is 14.9. The summed E-state index contributed by atoms with van der Waals surface area (Å²) in [6.45, 7) is 2.45. The van der Waals surface area contributed by atoms with Crippen LogP contribution in [0.4, 0.5) is 4.39 Å². The lowest BCUT2D eigenvalue weighted by Gasteiger charge is -2.30. The number of benzene rings is 1. The first-order chi connectivity index (χ1) is 11.2. The summed E-state index contributed by atoms with van der Waals surface area (Å²) in [7, 11) is -7.23. The van der Waals surface area contributed by atoms with E-state index in [0.29, 0.717) is 12.2 Å². The molecule has 1 heterocycles. The maximum Gasteiger partial charge on any atom is 0.215 e. The van der Waals surface area contributed by atoms with Crippen molar-refractivity contribution in [1.29, 1.82) is 0 Å². The van der Waals surface area contributed by atoms with Gasteiger partial charge in [-0.2, -0.15) is 4.31 Å². The molecule has 1 saturated heterocycles. The summed E-state index contributed by atoms with van der Waals surface area (Å²) in [5.74, 6) is -1.10. The quantitative estimate of drug-likeness (QED) is 0.734. The summed E-state index contributed by atoms with van der Waals surface area (Å²) >= 11 is 0. The number of nitrogens with zero attached hydrogens (tertiary/aromatic N) is 1. The van der Waals surface area contributed by atoms with E-state index in [1.807, 2.05) is 0 Å². The first-order valence-corrected chi connectivity index (χ1v) is 10.8. The Labute approximate surface area is 141 Å². The van der Waals surface area contributed by atoms with Crippen LogP contribution in [0, 0.1) is 5.82 Å². The highest BCUT2D eigenvalue weighted by atomic mass is 32.2. The summed E-state index contributed by atoms with van der Waals surface area (Å²) in [5.41, 5.74) is 0.425. The molecular weight excluding hydrogens is 359 g/mol. The van der Waals surface area contributed by atoms with Crippen LogP contribution in [-0.4, -0.2) is 59.2 Å². The Hall–Kier alpha value is -1.07. The smallest absolute Gasteiger partial charge is 0.215 e. The van der Waals surface area contributed by atoms with Gasteiger partial charge in [-0.1, -0.05) is 12.1 Å². The molecule has 1 N–H and O–H groups in total. The van der Waals surface area contributed by atoms with Crippen molar-refractivity contribution in [2.75, 3.05) is 32.0 Å². The maximum absolute atomic E-state index is 12.8. The van der Waals surface area contributed by atoms with Gasteiger partial charge < -0.3 is 4.74 Å². The summed E-state index contributed by atoms with van der Waals surface area (Å²) in [5, 5.41) is 0. The molecule has 1 aliphatic heterocycles.